The first kappa shape index (κ1) is 27.4. The molecule has 0 bridgehead atoms. The summed E-state index contributed by atoms with van der Waals surface area (Å²) in [6, 6.07) is 2.46. The third-order valence-corrected chi connectivity index (χ3v) is 6.25. The van der Waals surface area contributed by atoms with Crippen molar-refractivity contribution in [1.82, 2.24) is 14.2 Å². The molecule has 1 aliphatic heterocycles. The molecular formula is C19H33N4O7P. The van der Waals surface area contributed by atoms with Gasteiger partial charge in [-0.3, -0.25) is 14.3 Å². The first-order valence-electron chi connectivity index (χ1n) is 10.1. The van der Waals surface area contributed by atoms with E-state index >= 15 is 0 Å². The predicted octanol–water partition coefficient (Wildman–Crippen LogP) is 0.740. The van der Waals surface area contributed by atoms with Gasteiger partial charge in [-0.25, -0.2) is 9.46 Å². The smallest absolute Gasteiger partial charge is 0.330 e. The van der Waals surface area contributed by atoms with Gasteiger partial charge in [-0.2, -0.15) is 5.26 Å². The number of aliphatic hydroxyl groups is 2. The fourth-order valence-corrected chi connectivity index (χ4v) is 4.26. The first-order valence-corrected chi connectivity index (χ1v) is 11.2. The number of hydrogen-bond acceptors (Lipinski definition) is 9. The molecule has 176 valence electrons. The molecule has 0 aromatic carbocycles. The van der Waals surface area contributed by atoms with Gasteiger partial charge in [-0.1, -0.05) is 0 Å². The Labute approximate surface area is 182 Å². The molecule has 0 spiro atoms. The van der Waals surface area contributed by atoms with Gasteiger partial charge in [0.05, 0.1) is 31.8 Å². The zero-order valence-electron chi connectivity index (χ0n) is 18.6. The van der Waals surface area contributed by atoms with Crippen LogP contribution >= 0.6 is 8.53 Å². The number of hydrogen-bond donors (Lipinski definition) is 4. The normalized spacial score (nSPS) is 21.8. The maximum Gasteiger partial charge on any atom is 0.330 e. The number of nitrogens with one attached hydrogen (secondary N) is 1. The van der Waals surface area contributed by atoms with Gasteiger partial charge in [0.15, 0.2) is 0 Å². The van der Waals surface area contributed by atoms with Crippen LogP contribution in [0.3, 0.4) is 0 Å². The number of aryl methyl sites for hydroxylation is 1. The quantitative estimate of drug-likeness (QED) is 0.324. The fourth-order valence-electron chi connectivity index (χ4n) is 3.08. The summed E-state index contributed by atoms with van der Waals surface area (Å²) in [4.78, 5) is 34.7. The first-order chi connectivity index (χ1) is 14.5. The van der Waals surface area contributed by atoms with Crippen LogP contribution in [-0.2, 0) is 9.26 Å². The molecular weight excluding hydrogens is 427 g/mol. The summed E-state index contributed by atoms with van der Waals surface area (Å²) < 4.78 is 13.6. The van der Waals surface area contributed by atoms with Gasteiger partial charge in [-0.15, -0.1) is 0 Å². The molecule has 1 aromatic rings. The number of ether oxygens (including phenoxy) is 1. The highest BCUT2D eigenvalue weighted by atomic mass is 31.2. The van der Waals surface area contributed by atoms with Crippen molar-refractivity contribution < 1.29 is 24.4 Å². The molecule has 0 radical (unpaired) electrons. The molecule has 1 fully saturated rings. The van der Waals surface area contributed by atoms with Crippen LogP contribution in [0.4, 0.5) is 0 Å². The van der Waals surface area contributed by atoms with E-state index in [0.717, 1.165) is 0 Å². The summed E-state index contributed by atoms with van der Waals surface area (Å²) in [6.07, 6.45) is -0.258. The largest absolute Gasteiger partial charge is 0.394 e. The number of rotatable bonds is 8. The zero-order chi connectivity index (χ0) is 23.7. The van der Waals surface area contributed by atoms with Crippen LogP contribution in [0.15, 0.2) is 15.8 Å². The molecule has 0 aliphatic carbocycles. The van der Waals surface area contributed by atoms with E-state index in [9.17, 15) is 19.6 Å². The van der Waals surface area contributed by atoms with Crippen LogP contribution in [0, 0.1) is 18.3 Å². The van der Waals surface area contributed by atoms with Gasteiger partial charge in [0, 0.05) is 30.3 Å². The van der Waals surface area contributed by atoms with Crippen LogP contribution in [0.5, 0.6) is 0 Å². The number of aromatic nitrogens is 2. The fraction of sp³-hybridized carbons (Fsp3) is 0.737. The number of aliphatic hydroxyl groups excluding tert-OH is 2. The van der Waals surface area contributed by atoms with E-state index in [-0.39, 0.29) is 25.1 Å². The average Bonchev–Trinajstić information content (AvgIpc) is 3.05. The van der Waals surface area contributed by atoms with E-state index in [2.05, 4.69) is 4.98 Å². The second-order valence-corrected chi connectivity index (χ2v) is 8.88. The SMILES string of the molecule is CC(C)N(C(C)C)P(O)OCCC#N.Cc1cn([C@H]2C[C@H](O)[C@@H](CO)O2)c(=O)[nH]c1=O. The van der Waals surface area contributed by atoms with Gasteiger partial charge in [0.25, 0.3) is 14.1 Å². The van der Waals surface area contributed by atoms with Crippen LogP contribution in [0.1, 0.15) is 52.3 Å². The lowest BCUT2D eigenvalue weighted by atomic mass is 10.2. The van der Waals surface area contributed by atoms with E-state index in [4.69, 9.17) is 19.6 Å². The second-order valence-electron chi connectivity index (χ2n) is 7.66. The lowest BCUT2D eigenvalue weighted by molar-refractivity contribution is -0.0459. The molecule has 2 rings (SSSR count). The summed E-state index contributed by atoms with van der Waals surface area (Å²) in [6.45, 7) is 9.61. The minimum absolute atomic E-state index is 0.205. The molecule has 0 saturated carbocycles. The Hall–Kier alpha value is -1.64. The van der Waals surface area contributed by atoms with Crippen molar-refractivity contribution in [1.29, 1.82) is 5.26 Å². The predicted molar refractivity (Wildman–Crippen MR) is 115 cm³/mol. The van der Waals surface area contributed by atoms with E-state index in [1.54, 1.807) is 6.92 Å². The highest BCUT2D eigenvalue weighted by molar-refractivity contribution is 7.43. The van der Waals surface area contributed by atoms with Crippen molar-refractivity contribution in [3.8, 4) is 6.07 Å². The third-order valence-electron chi connectivity index (χ3n) is 4.52. The zero-order valence-corrected chi connectivity index (χ0v) is 19.5. The molecule has 4 atom stereocenters. The van der Waals surface area contributed by atoms with Gasteiger partial charge in [0.1, 0.15) is 12.3 Å². The van der Waals surface area contributed by atoms with Gasteiger partial charge < -0.3 is 24.4 Å². The third kappa shape index (κ3) is 8.09. The average molecular weight is 460 g/mol. The number of H-pyrrole nitrogens is 1. The molecule has 1 saturated heterocycles. The molecule has 2 heterocycles. The van der Waals surface area contributed by atoms with Gasteiger partial charge >= 0.3 is 5.69 Å². The van der Waals surface area contributed by atoms with Crippen molar-refractivity contribution in [2.24, 2.45) is 0 Å². The summed E-state index contributed by atoms with van der Waals surface area (Å²) in [5, 5.41) is 26.8. The Morgan fingerprint density at radius 2 is 2.00 bits per heavy atom. The molecule has 4 N–H and O–H groups in total. The molecule has 31 heavy (non-hydrogen) atoms. The second kappa shape index (κ2) is 13.0. The standard InChI is InChI=1S/C10H14N2O5.C9H19N2O2P/c1-5-3-12(10(16)11-9(5)15)8-2-6(14)7(4-13)17-8;1-8(2)11(9(3)4)14(12)13-7-5-6-10/h3,6-8,13-14H,2,4H2,1H3,(H,11,15,16);8-9,12H,5,7H2,1-4H3/t6-,7+,8+;/m0./s1. The van der Waals surface area contributed by atoms with Crippen LogP contribution < -0.4 is 11.2 Å². The van der Waals surface area contributed by atoms with Gasteiger partial charge in [0.2, 0.25) is 0 Å². The van der Waals surface area contributed by atoms with E-state index in [1.165, 1.54) is 10.8 Å². The molecule has 1 aromatic heterocycles. The maximum absolute atomic E-state index is 11.6. The lowest BCUT2D eigenvalue weighted by Crippen LogP contribution is -2.33. The van der Waals surface area contributed by atoms with Crippen molar-refractivity contribution in [2.75, 3.05) is 13.2 Å². The molecule has 11 nitrogen and oxygen atoms in total. The Morgan fingerprint density at radius 3 is 2.48 bits per heavy atom. The minimum Gasteiger partial charge on any atom is -0.394 e. The van der Waals surface area contributed by atoms with Crippen molar-refractivity contribution in [2.45, 2.75) is 78.0 Å². The van der Waals surface area contributed by atoms with Gasteiger partial charge in [-0.05, 0) is 34.6 Å². The summed E-state index contributed by atoms with van der Waals surface area (Å²) >= 11 is 0. The van der Waals surface area contributed by atoms with Crippen molar-refractivity contribution >= 4 is 8.53 Å². The van der Waals surface area contributed by atoms with Crippen molar-refractivity contribution in [3.63, 3.8) is 0 Å². The highest BCUT2D eigenvalue weighted by Gasteiger charge is 2.35. The highest BCUT2D eigenvalue weighted by Crippen LogP contribution is 2.40. The topological polar surface area (TPSA) is 161 Å². The Bertz CT molecular complexity index is 828. The number of nitriles is 1. The van der Waals surface area contributed by atoms with Crippen LogP contribution in [0.2, 0.25) is 0 Å². The Balaban J connectivity index is 0.000000318. The van der Waals surface area contributed by atoms with E-state index < -0.39 is 38.2 Å². The minimum atomic E-state index is -1.55. The number of nitrogens with zero attached hydrogens (tertiary/aromatic N) is 3. The molecule has 1 unspecified atom stereocenters. The van der Waals surface area contributed by atoms with Crippen LogP contribution in [-0.4, -0.2) is 66.8 Å². The van der Waals surface area contributed by atoms with Crippen molar-refractivity contribution in [3.05, 3.63) is 32.6 Å². The van der Waals surface area contributed by atoms with Crippen LogP contribution in [0.25, 0.3) is 0 Å². The Kier molecular flexibility index (Phi) is 11.5. The molecule has 1 aliphatic rings. The monoisotopic (exact) mass is 460 g/mol. The lowest BCUT2D eigenvalue weighted by Gasteiger charge is -2.32. The van der Waals surface area contributed by atoms with E-state index in [0.29, 0.717) is 18.6 Å². The molecule has 0 amide bonds. The van der Waals surface area contributed by atoms with E-state index in [1.807, 2.05) is 38.4 Å². The summed E-state index contributed by atoms with van der Waals surface area (Å²) in [5.74, 6) is 0. The summed E-state index contributed by atoms with van der Waals surface area (Å²) in [7, 11) is -1.55. The number of aromatic amines is 1. The maximum atomic E-state index is 11.6. The summed E-state index contributed by atoms with van der Waals surface area (Å²) in [5.41, 5.74) is -0.643. The Morgan fingerprint density at radius 1 is 1.39 bits per heavy atom. The molecule has 12 heteroatoms.